The lowest BCUT2D eigenvalue weighted by atomic mass is 10.1. The molecule has 2 heterocycles. The van der Waals surface area contributed by atoms with E-state index in [1.54, 1.807) is 11.3 Å². The van der Waals surface area contributed by atoms with Crippen LogP contribution in [0.15, 0.2) is 18.2 Å². The first-order valence-electron chi connectivity index (χ1n) is 6.69. The Morgan fingerprint density at radius 1 is 1.22 bits per heavy atom. The Hall–Kier alpha value is -1.13. The zero-order valence-corrected chi connectivity index (χ0v) is 11.4. The van der Waals surface area contributed by atoms with Gasteiger partial charge in [-0.15, -0.1) is 0 Å². The summed E-state index contributed by atoms with van der Waals surface area (Å²) in [6.45, 7) is 3.67. The summed E-state index contributed by atoms with van der Waals surface area (Å²) in [5.41, 5.74) is 8.24. The van der Waals surface area contributed by atoms with Gasteiger partial charge in [0, 0.05) is 6.54 Å². The summed E-state index contributed by atoms with van der Waals surface area (Å²) in [7, 11) is 0. The normalized spacial score (nSPS) is 17.3. The Balaban J connectivity index is 1.73. The van der Waals surface area contributed by atoms with Crippen LogP contribution >= 0.6 is 11.3 Å². The molecule has 1 aliphatic rings. The molecular formula is C14H19N3S. The summed E-state index contributed by atoms with van der Waals surface area (Å²) in [5.74, 6) is 0. The number of thiazole rings is 1. The zero-order chi connectivity index (χ0) is 12.4. The molecule has 2 N–H and O–H groups in total. The number of anilines is 1. The minimum Gasteiger partial charge on any atom is -0.375 e. The molecule has 3 rings (SSSR count). The molecule has 4 heteroatoms. The second kappa shape index (κ2) is 5.24. The van der Waals surface area contributed by atoms with E-state index >= 15 is 0 Å². The van der Waals surface area contributed by atoms with Gasteiger partial charge in [-0.05, 0) is 44.0 Å². The third kappa shape index (κ3) is 2.49. The highest BCUT2D eigenvalue weighted by Crippen LogP contribution is 2.26. The Labute approximate surface area is 112 Å². The molecule has 1 aromatic heterocycles. The largest absolute Gasteiger partial charge is 0.375 e. The van der Waals surface area contributed by atoms with Gasteiger partial charge in [0.1, 0.15) is 0 Å². The second-order valence-corrected chi connectivity index (χ2v) is 6.03. The molecule has 1 aliphatic heterocycles. The molecule has 0 unspecified atom stereocenters. The SMILES string of the molecule is Nc1nc2c(CCN3CCCCC3)cccc2s1. The van der Waals surface area contributed by atoms with Crippen molar-refractivity contribution in [1.82, 2.24) is 9.88 Å². The van der Waals surface area contributed by atoms with Gasteiger partial charge in [0.2, 0.25) is 0 Å². The molecule has 0 radical (unpaired) electrons. The van der Waals surface area contributed by atoms with E-state index in [-0.39, 0.29) is 0 Å². The lowest BCUT2D eigenvalue weighted by Gasteiger charge is -2.26. The molecule has 0 bridgehead atoms. The van der Waals surface area contributed by atoms with Crippen molar-refractivity contribution >= 4 is 26.7 Å². The summed E-state index contributed by atoms with van der Waals surface area (Å²) in [4.78, 5) is 7.02. The van der Waals surface area contributed by atoms with Gasteiger partial charge in [-0.3, -0.25) is 0 Å². The molecule has 1 aromatic carbocycles. The molecule has 1 saturated heterocycles. The predicted molar refractivity (Wildman–Crippen MR) is 78.0 cm³/mol. The van der Waals surface area contributed by atoms with E-state index in [0.717, 1.165) is 18.5 Å². The van der Waals surface area contributed by atoms with Crippen LogP contribution < -0.4 is 5.73 Å². The van der Waals surface area contributed by atoms with Crippen LogP contribution in [-0.4, -0.2) is 29.5 Å². The standard InChI is InChI=1S/C14H19N3S/c15-14-16-13-11(5-4-6-12(13)18-14)7-10-17-8-2-1-3-9-17/h4-6H,1-3,7-10H2,(H2,15,16). The van der Waals surface area contributed by atoms with E-state index in [9.17, 15) is 0 Å². The Morgan fingerprint density at radius 3 is 2.89 bits per heavy atom. The smallest absolute Gasteiger partial charge is 0.181 e. The minimum atomic E-state index is 0.676. The lowest BCUT2D eigenvalue weighted by Crippen LogP contribution is -2.31. The van der Waals surface area contributed by atoms with Gasteiger partial charge in [-0.25, -0.2) is 4.98 Å². The zero-order valence-electron chi connectivity index (χ0n) is 10.6. The number of nitrogens with two attached hydrogens (primary N) is 1. The van der Waals surface area contributed by atoms with E-state index in [1.807, 2.05) is 0 Å². The van der Waals surface area contributed by atoms with Crippen LogP contribution in [0.4, 0.5) is 5.13 Å². The molecule has 3 nitrogen and oxygen atoms in total. The van der Waals surface area contributed by atoms with Crippen LogP contribution in [0.3, 0.4) is 0 Å². The highest BCUT2D eigenvalue weighted by molar-refractivity contribution is 7.22. The Kier molecular flexibility index (Phi) is 3.48. The number of rotatable bonds is 3. The third-order valence-electron chi connectivity index (χ3n) is 3.67. The molecule has 96 valence electrons. The maximum Gasteiger partial charge on any atom is 0.181 e. The summed E-state index contributed by atoms with van der Waals surface area (Å²) in [6.07, 6.45) is 5.19. The quantitative estimate of drug-likeness (QED) is 0.923. The van der Waals surface area contributed by atoms with Crippen LogP contribution in [0.1, 0.15) is 24.8 Å². The average molecular weight is 261 g/mol. The molecule has 2 aromatic rings. The van der Waals surface area contributed by atoms with Gasteiger partial charge in [0.05, 0.1) is 10.2 Å². The van der Waals surface area contributed by atoms with Crippen molar-refractivity contribution in [2.45, 2.75) is 25.7 Å². The lowest BCUT2D eigenvalue weighted by molar-refractivity contribution is 0.231. The summed E-state index contributed by atoms with van der Waals surface area (Å²) in [5, 5.41) is 0.676. The van der Waals surface area contributed by atoms with E-state index in [1.165, 1.54) is 42.6 Å². The second-order valence-electron chi connectivity index (χ2n) is 4.97. The van der Waals surface area contributed by atoms with Crippen molar-refractivity contribution in [3.05, 3.63) is 23.8 Å². The highest BCUT2D eigenvalue weighted by Gasteiger charge is 2.11. The van der Waals surface area contributed by atoms with Crippen LogP contribution in [0.25, 0.3) is 10.2 Å². The molecule has 0 atom stereocenters. The first-order chi connectivity index (χ1) is 8.83. The number of piperidine rings is 1. The van der Waals surface area contributed by atoms with Crippen LogP contribution in [0.5, 0.6) is 0 Å². The van der Waals surface area contributed by atoms with Crippen molar-refractivity contribution in [3.63, 3.8) is 0 Å². The number of benzene rings is 1. The minimum absolute atomic E-state index is 0.676. The van der Waals surface area contributed by atoms with Gasteiger partial charge in [0.25, 0.3) is 0 Å². The number of nitrogens with zero attached hydrogens (tertiary/aromatic N) is 2. The number of para-hydroxylation sites is 1. The molecule has 1 fully saturated rings. The molecule has 0 aliphatic carbocycles. The van der Waals surface area contributed by atoms with Gasteiger partial charge in [-0.1, -0.05) is 29.9 Å². The van der Waals surface area contributed by atoms with E-state index < -0.39 is 0 Å². The van der Waals surface area contributed by atoms with E-state index in [0.29, 0.717) is 5.13 Å². The van der Waals surface area contributed by atoms with Crippen molar-refractivity contribution in [2.75, 3.05) is 25.4 Å². The summed E-state index contributed by atoms with van der Waals surface area (Å²) < 4.78 is 1.21. The van der Waals surface area contributed by atoms with Crippen LogP contribution in [-0.2, 0) is 6.42 Å². The molecule has 0 saturated carbocycles. The Bertz CT molecular complexity index is 529. The van der Waals surface area contributed by atoms with E-state index in [4.69, 9.17) is 5.73 Å². The predicted octanol–water partition coefficient (Wildman–Crippen LogP) is 2.91. The highest BCUT2D eigenvalue weighted by atomic mass is 32.1. The van der Waals surface area contributed by atoms with Crippen molar-refractivity contribution in [3.8, 4) is 0 Å². The van der Waals surface area contributed by atoms with Gasteiger partial charge >= 0.3 is 0 Å². The molecular weight excluding hydrogens is 242 g/mol. The first-order valence-corrected chi connectivity index (χ1v) is 7.51. The van der Waals surface area contributed by atoms with Crippen LogP contribution in [0.2, 0.25) is 0 Å². The fraction of sp³-hybridized carbons (Fsp3) is 0.500. The van der Waals surface area contributed by atoms with Gasteiger partial charge in [-0.2, -0.15) is 0 Å². The maximum atomic E-state index is 5.80. The number of aromatic nitrogens is 1. The van der Waals surface area contributed by atoms with E-state index in [2.05, 4.69) is 28.1 Å². The van der Waals surface area contributed by atoms with Crippen molar-refractivity contribution < 1.29 is 0 Å². The van der Waals surface area contributed by atoms with Crippen molar-refractivity contribution in [2.24, 2.45) is 0 Å². The van der Waals surface area contributed by atoms with Gasteiger partial charge in [0.15, 0.2) is 5.13 Å². The first kappa shape index (κ1) is 11.9. The van der Waals surface area contributed by atoms with Gasteiger partial charge < -0.3 is 10.6 Å². The number of hydrogen-bond donors (Lipinski definition) is 1. The maximum absolute atomic E-state index is 5.80. The molecule has 0 amide bonds. The molecule has 0 spiro atoms. The Morgan fingerprint density at radius 2 is 2.06 bits per heavy atom. The topological polar surface area (TPSA) is 42.1 Å². The average Bonchev–Trinajstić information content (AvgIpc) is 2.78. The van der Waals surface area contributed by atoms with Crippen LogP contribution in [0, 0.1) is 0 Å². The summed E-state index contributed by atoms with van der Waals surface area (Å²) >= 11 is 1.58. The monoisotopic (exact) mass is 261 g/mol. The summed E-state index contributed by atoms with van der Waals surface area (Å²) in [6, 6.07) is 6.41. The fourth-order valence-electron chi connectivity index (χ4n) is 2.69. The molecule has 18 heavy (non-hydrogen) atoms. The number of nitrogen functional groups attached to an aromatic ring is 1. The number of fused-ring (bicyclic) bond motifs is 1. The fourth-order valence-corrected chi connectivity index (χ4v) is 3.47. The number of likely N-dealkylation sites (tertiary alicyclic amines) is 1. The van der Waals surface area contributed by atoms with Crippen molar-refractivity contribution in [1.29, 1.82) is 0 Å². The number of hydrogen-bond acceptors (Lipinski definition) is 4. The third-order valence-corrected chi connectivity index (χ3v) is 4.51.